The summed E-state index contributed by atoms with van der Waals surface area (Å²) in [6, 6.07) is 4.92. The van der Waals surface area contributed by atoms with Crippen LogP contribution in [0.25, 0.3) is 0 Å². The molecule has 0 fully saturated rings. The summed E-state index contributed by atoms with van der Waals surface area (Å²) in [5.74, 6) is 0. The Labute approximate surface area is 58.6 Å². The first-order valence-electron chi connectivity index (χ1n) is 2.82. The van der Waals surface area contributed by atoms with E-state index in [1.807, 2.05) is 0 Å². The maximum Gasteiger partial charge on any atom is 0.166 e. The first kappa shape index (κ1) is 6.72. The Morgan fingerprint density at radius 3 is 2.60 bits per heavy atom. The van der Waals surface area contributed by atoms with Gasteiger partial charge in [0.05, 0.1) is 6.07 Å². The van der Waals surface area contributed by atoms with Gasteiger partial charge in [-0.15, -0.1) is 0 Å². The molecule has 10 heavy (non-hydrogen) atoms. The molecule has 50 valence electrons. The predicted molar refractivity (Wildman–Crippen MR) is 34.8 cm³/mol. The molecule has 1 unspecified atom stereocenters. The van der Waals surface area contributed by atoms with Crippen LogP contribution in [0.15, 0.2) is 24.5 Å². The molecule has 0 aliphatic heterocycles. The van der Waals surface area contributed by atoms with Gasteiger partial charge >= 0.3 is 0 Å². The van der Waals surface area contributed by atoms with Gasteiger partial charge in [0.1, 0.15) is 0 Å². The van der Waals surface area contributed by atoms with Crippen molar-refractivity contribution in [2.45, 2.75) is 6.10 Å². The normalized spacial score (nSPS) is 12.0. The summed E-state index contributed by atoms with van der Waals surface area (Å²) >= 11 is 0. The smallest absolute Gasteiger partial charge is 0.166 e. The number of pyridine rings is 1. The zero-order chi connectivity index (χ0) is 7.40. The summed E-state index contributed by atoms with van der Waals surface area (Å²) in [4.78, 5) is 3.74. The standard InChI is InChI=1S/C7H6N2O/c8-5-7(10)6-1-3-9-4-2-6/h1-4,7,10H. The first-order chi connectivity index (χ1) is 4.84. The molecule has 0 amide bonds. The lowest BCUT2D eigenvalue weighted by atomic mass is 10.2. The van der Waals surface area contributed by atoms with Crippen molar-refractivity contribution in [1.82, 2.24) is 4.98 Å². The number of hydrogen-bond donors (Lipinski definition) is 1. The van der Waals surface area contributed by atoms with Crippen molar-refractivity contribution >= 4 is 0 Å². The fraction of sp³-hybridized carbons (Fsp3) is 0.143. The molecule has 1 heterocycles. The monoisotopic (exact) mass is 134 g/mol. The molecule has 0 saturated heterocycles. The molecule has 0 bridgehead atoms. The van der Waals surface area contributed by atoms with Crippen molar-refractivity contribution in [3.8, 4) is 6.07 Å². The molecular formula is C7H6N2O. The van der Waals surface area contributed by atoms with Gasteiger partial charge in [-0.3, -0.25) is 4.98 Å². The van der Waals surface area contributed by atoms with E-state index in [0.29, 0.717) is 5.56 Å². The van der Waals surface area contributed by atoms with Crippen molar-refractivity contribution in [1.29, 1.82) is 5.26 Å². The Morgan fingerprint density at radius 2 is 2.10 bits per heavy atom. The van der Waals surface area contributed by atoms with Crippen LogP contribution in [0.4, 0.5) is 0 Å². The van der Waals surface area contributed by atoms with E-state index < -0.39 is 6.10 Å². The minimum atomic E-state index is -1.03. The molecule has 1 aromatic heterocycles. The van der Waals surface area contributed by atoms with E-state index in [9.17, 15) is 0 Å². The Balaban J connectivity index is 2.88. The van der Waals surface area contributed by atoms with Gasteiger partial charge in [0, 0.05) is 12.4 Å². The first-order valence-corrected chi connectivity index (χ1v) is 2.82. The molecule has 3 nitrogen and oxygen atoms in total. The van der Waals surface area contributed by atoms with Crippen LogP contribution in [0, 0.1) is 11.3 Å². The van der Waals surface area contributed by atoms with Crippen LogP contribution in [0.2, 0.25) is 0 Å². The van der Waals surface area contributed by atoms with Gasteiger partial charge in [-0.25, -0.2) is 0 Å². The van der Waals surface area contributed by atoms with Gasteiger partial charge in [-0.1, -0.05) is 0 Å². The minimum Gasteiger partial charge on any atom is -0.374 e. The summed E-state index contributed by atoms with van der Waals surface area (Å²) in [5, 5.41) is 17.2. The summed E-state index contributed by atoms with van der Waals surface area (Å²) in [7, 11) is 0. The highest BCUT2D eigenvalue weighted by molar-refractivity contribution is 5.17. The molecule has 0 aliphatic rings. The van der Waals surface area contributed by atoms with Gasteiger partial charge in [0.15, 0.2) is 6.10 Å². The Kier molecular flexibility index (Phi) is 1.98. The highest BCUT2D eigenvalue weighted by Gasteiger charge is 2.02. The van der Waals surface area contributed by atoms with Gasteiger partial charge in [-0.2, -0.15) is 5.26 Å². The second-order valence-electron chi connectivity index (χ2n) is 1.81. The lowest BCUT2D eigenvalue weighted by Gasteiger charge is -1.97. The fourth-order valence-electron chi connectivity index (χ4n) is 0.620. The van der Waals surface area contributed by atoms with Crippen LogP contribution >= 0.6 is 0 Å². The number of nitrogens with zero attached hydrogens (tertiary/aromatic N) is 2. The number of aliphatic hydroxyl groups excluding tert-OH is 1. The fourth-order valence-corrected chi connectivity index (χ4v) is 0.620. The maximum absolute atomic E-state index is 8.94. The molecule has 0 aliphatic carbocycles. The number of aliphatic hydroxyl groups is 1. The van der Waals surface area contributed by atoms with E-state index >= 15 is 0 Å². The molecule has 1 aromatic rings. The number of aromatic nitrogens is 1. The van der Waals surface area contributed by atoms with Crippen LogP contribution in [-0.4, -0.2) is 10.1 Å². The van der Waals surface area contributed by atoms with Crippen molar-refractivity contribution in [3.05, 3.63) is 30.1 Å². The summed E-state index contributed by atoms with van der Waals surface area (Å²) in [6.07, 6.45) is 2.05. The molecule has 0 radical (unpaired) electrons. The lowest BCUT2D eigenvalue weighted by Crippen LogP contribution is -1.91. The molecule has 3 heteroatoms. The Morgan fingerprint density at radius 1 is 1.50 bits per heavy atom. The summed E-state index contributed by atoms with van der Waals surface area (Å²) < 4.78 is 0. The third kappa shape index (κ3) is 1.30. The molecule has 0 spiro atoms. The second kappa shape index (κ2) is 2.95. The van der Waals surface area contributed by atoms with E-state index in [1.54, 1.807) is 18.2 Å². The van der Waals surface area contributed by atoms with Gasteiger partial charge in [0.25, 0.3) is 0 Å². The van der Waals surface area contributed by atoms with Gasteiger partial charge in [-0.05, 0) is 17.7 Å². The third-order valence-electron chi connectivity index (χ3n) is 1.14. The molecular weight excluding hydrogens is 128 g/mol. The number of hydrogen-bond acceptors (Lipinski definition) is 3. The zero-order valence-electron chi connectivity index (χ0n) is 5.23. The number of nitriles is 1. The van der Waals surface area contributed by atoms with Crippen LogP contribution in [-0.2, 0) is 0 Å². The van der Waals surface area contributed by atoms with E-state index in [4.69, 9.17) is 10.4 Å². The van der Waals surface area contributed by atoms with E-state index in [1.165, 1.54) is 12.4 Å². The second-order valence-corrected chi connectivity index (χ2v) is 1.81. The van der Waals surface area contributed by atoms with E-state index in [2.05, 4.69) is 4.98 Å². The predicted octanol–water partition coefficient (Wildman–Crippen LogP) is 0.639. The van der Waals surface area contributed by atoms with Gasteiger partial charge in [0.2, 0.25) is 0 Å². The Hall–Kier alpha value is -1.40. The molecule has 1 atom stereocenters. The topological polar surface area (TPSA) is 56.9 Å². The number of rotatable bonds is 1. The van der Waals surface area contributed by atoms with Crippen LogP contribution < -0.4 is 0 Å². The largest absolute Gasteiger partial charge is 0.374 e. The van der Waals surface area contributed by atoms with E-state index in [0.717, 1.165) is 0 Å². The zero-order valence-corrected chi connectivity index (χ0v) is 5.23. The van der Waals surface area contributed by atoms with Crippen molar-refractivity contribution < 1.29 is 5.11 Å². The molecule has 1 rings (SSSR count). The van der Waals surface area contributed by atoms with E-state index in [-0.39, 0.29) is 0 Å². The average Bonchev–Trinajstić information content (AvgIpc) is 2.05. The quantitative estimate of drug-likeness (QED) is 0.573. The van der Waals surface area contributed by atoms with Crippen LogP contribution in [0.5, 0.6) is 0 Å². The molecule has 1 N–H and O–H groups in total. The summed E-state index contributed by atoms with van der Waals surface area (Å²) in [6.45, 7) is 0. The highest BCUT2D eigenvalue weighted by atomic mass is 16.3. The molecule has 0 aromatic carbocycles. The van der Waals surface area contributed by atoms with Gasteiger partial charge < -0.3 is 5.11 Å². The maximum atomic E-state index is 8.94. The Bertz CT molecular complexity index is 240. The lowest BCUT2D eigenvalue weighted by molar-refractivity contribution is 0.236. The van der Waals surface area contributed by atoms with Crippen LogP contribution in [0.3, 0.4) is 0 Å². The minimum absolute atomic E-state index is 0.581. The summed E-state index contributed by atoms with van der Waals surface area (Å²) in [5.41, 5.74) is 0.581. The van der Waals surface area contributed by atoms with Crippen molar-refractivity contribution in [3.63, 3.8) is 0 Å². The third-order valence-corrected chi connectivity index (χ3v) is 1.14. The van der Waals surface area contributed by atoms with Crippen LogP contribution in [0.1, 0.15) is 11.7 Å². The highest BCUT2D eigenvalue weighted by Crippen LogP contribution is 2.08. The van der Waals surface area contributed by atoms with Crippen molar-refractivity contribution in [2.75, 3.05) is 0 Å². The van der Waals surface area contributed by atoms with Crippen molar-refractivity contribution in [2.24, 2.45) is 0 Å². The SMILES string of the molecule is N#CC(O)c1ccncc1. The average molecular weight is 134 g/mol. The molecule has 0 saturated carbocycles.